The third kappa shape index (κ3) is 2.35. The fraction of sp³-hybridized carbons (Fsp3) is 0.600. The minimum Gasteiger partial charge on any atom is -0.351 e. The molecular weight excluding hydrogens is 198 g/mol. The van der Waals surface area contributed by atoms with Crippen molar-refractivity contribution in [3.05, 3.63) is 17.4 Å². The maximum Gasteiger partial charge on any atom is 0.222 e. The Kier molecular flexibility index (Phi) is 2.87. The Balaban J connectivity index is 1.84. The van der Waals surface area contributed by atoms with Crippen LogP contribution in [-0.4, -0.2) is 16.0 Å². The summed E-state index contributed by atoms with van der Waals surface area (Å²) in [6.07, 6.45) is 7.04. The Bertz CT molecular complexity index is 299. The molecule has 1 aromatic heterocycles. The van der Waals surface area contributed by atoms with Crippen LogP contribution in [0.2, 0.25) is 5.02 Å². The summed E-state index contributed by atoms with van der Waals surface area (Å²) in [5, 5.41) is 3.88. The van der Waals surface area contributed by atoms with E-state index in [4.69, 9.17) is 11.6 Å². The summed E-state index contributed by atoms with van der Waals surface area (Å²) in [5.74, 6) is 1.51. The summed E-state index contributed by atoms with van der Waals surface area (Å²) in [4.78, 5) is 8.20. The van der Waals surface area contributed by atoms with Crippen LogP contribution in [0.3, 0.4) is 0 Å². The summed E-state index contributed by atoms with van der Waals surface area (Å²) in [5.41, 5.74) is 0. The normalized spacial score (nSPS) is 24.7. The highest BCUT2D eigenvalue weighted by molar-refractivity contribution is 6.30. The second-order valence-electron chi connectivity index (χ2n) is 3.76. The predicted octanol–water partition coefficient (Wildman–Crippen LogP) is 2.73. The van der Waals surface area contributed by atoms with Gasteiger partial charge in [0.15, 0.2) is 0 Å². The summed E-state index contributed by atoms with van der Waals surface area (Å²) in [7, 11) is 0. The van der Waals surface area contributed by atoms with E-state index in [0.29, 0.717) is 17.0 Å². The van der Waals surface area contributed by atoms with E-state index >= 15 is 0 Å². The van der Waals surface area contributed by atoms with Crippen LogP contribution in [0.25, 0.3) is 0 Å². The Morgan fingerprint density at radius 1 is 1.50 bits per heavy atom. The first-order chi connectivity index (χ1) is 6.79. The molecular formula is C10H14ClN3. The molecule has 4 heteroatoms. The quantitative estimate of drug-likeness (QED) is 0.832. The summed E-state index contributed by atoms with van der Waals surface area (Å²) >= 11 is 5.69. The van der Waals surface area contributed by atoms with Crippen molar-refractivity contribution in [1.29, 1.82) is 0 Å². The van der Waals surface area contributed by atoms with Gasteiger partial charge in [0.2, 0.25) is 5.95 Å². The fourth-order valence-corrected chi connectivity index (χ4v) is 1.76. The van der Waals surface area contributed by atoms with Gasteiger partial charge in [-0.3, -0.25) is 0 Å². The van der Waals surface area contributed by atoms with Gasteiger partial charge in [0.1, 0.15) is 0 Å². The molecule has 14 heavy (non-hydrogen) atoms. The van der Waals surface area contributed by atoms with Gasteiger partial charge in [0.25, 0.3) is 0 Å². The number of hydrogen-bond acceptors (Lipinski definition) is 3. The van der Waals surface area contributed by atoms with Crippen LogP contribution in [0.1, 0.15) is 26.2 Å². The highest BCUT2D eigenvalue weighted by Crippen LogP contribution is 2.36. The van der Waals surface area contributed by atoms with E-state index in [0.717, 1.165) is 5.92 Å². The molecule has 1 aliphatic rings. The lowest BCUT2D eigenvalue weighted by Crippen LogP contribution is -2.07. The van der Waals surface area contributed by atoms with E-state index in [1.54, 1.807) is 12.4 Å². The number of nitrogens with one attached hydrogen (secondary N) is 1. The molecule has 1 saturated carbocycles. The number of aromatic nitrogens is 2. The average Bonchev–Trinajstić information content (AvgIpc) is 2.89. The smallest absolute Gasteiger partial charge is 0.222 e. The molecule has 2 atom stereocenters. The molecule has 0 aliphatic heterocycles. The predicted molar refractivity (Wildman–Crippen MR) is 57.5 cm³/mol. The number of anilines is 1. The molecule has 1 N–H and O–H groups in total. The van der Waals surface area contributed by atoms with Gasteiger partial charge in [-0.2, -0.15) is 0 Å². The van der Waals surface area contributed by atoms with Gasteiger partial charge in [-0.05, 0) is 18.8 Å². The zero-order chi connectivity index (χ0) is 9.97. The van der Waals surface area contributed by atoms with Crippen LogP contribution in [0.15, 0.2) is 12.4 Å². The number of hydrogen-bond donors (Lipinski definition) is 1. The lowest BCUT2D eigenvalue weighted by Gasteiger charge is -2.02. The largest absolute Gasteiger partial charge is 0.351 e. The maximum absolute atomic E-state index is 5.69. The molecule has 2 rings (SSSR count). The van der Waals surface area contributed by atoms with Crippen LogP contribution >= 0.6 is 11.6 Å². The molecule has 3 nitrogen and oxygen atoms in total. The molecule has 0 aromatic carbocycles. The molecule has 1 aliphatic carbocycles. The third-order valence-corrected chi connectivity index (χ3v) is 2.71. The molecule has 1 fully saturated rings. The van der Waals surface area contributed by atoms with Gasteiger partial charge in [-0.1, -0.05) is 24.9 Å². The SMILES string of the molecule is CCCC1CC1Nc1ncc(Cl)cn1. The van der Waals surface area contributed by atoms with Crippen molar-refractivity contribution in [3.63, 3.8) is 0 Å². The summed E-state index contributed by atoms with van der Waals surface area (Å²) < 4.78 is 0. The Morgan fingerprint density at radius 3 is 2.86 bits per heavy atom. The number of rotatable bonds is 4. The molecule has 0 spiro atoms. The standard InChI is InChI=1S/C10H14ClN3/c1-2-3-7-4-9(7)14-10-12-5-8(11)6-13-10/h5-7,9H,2-4H2,1H3,(H,12,13,14). The Morgan fingerprint density at radius 2 is 2.21 bits per heavy atom. The van der Waals surface area contributed by atoms with Crippen molar-refractivity contribution >= 4 is 17.5 Å². The molecule has 1 aromatic rings. The van der Waals surface area contributed by atoms with Gasteiger partial charge in [-0.25, -0.2) is 9.97 Å². The van der Waals surface area contributed by atoms with E-state index in [1.165, 1.54) is 19.3 Å². The van der Waals surface area contributed by atoms with Crippen molar-refractivity contribution in [3.8, 4) is 0 Å². The van der Waals surface area contributed by atoms with Gasteiger partial charge in [0, 0.05) is 6.04 Å². The zero-order valence-corrected chi connectivity index (χ0v) is 8.96. The zero-order valence-electron chi connectivity index (χ0n) is 8.20. The second-order valence-corrected chi connectivity index (χ2v) is 4.20. The van der Waals surface area contributed by atoms with Crippen LogP contribution < -0.4 is 5.32 Å². The molecule has 0 radical (unpaired) electrons. The molecule has 0 saturated heterocycles. The van der Waals surface area contributed by atoms with Crippen molar-refractivity contribution in [2.24, 2.45) is 5.92 Å². The topological polar surface area (TPSA) is 37.8 Å². The molecule has 76 valence electrons. The minimum absolute atomic E-state index is 0.580. The Labute approximate surface area is 88.9 Å². The highest BCUT2D eigenvalue weighted by Gasteiger charge is 2.36. The lowest BCUT2D eigenvalue weighted by molar-refractivity contribution is 0.691. The minimum atomic E-state index is 0.580. The Hall–Kier alpha value is -0.830. The van der Waals surface area contributed by atoms with Crippen molar-refractivity contribution in [2.75, 3.05) is 5.32 Å². The van der Waals surface area contributed by atoms with Crippen molar-refractivity contribution in [1.82, 2.24) is 9.97 Å². The van der Waals surface area contributed by atoms with E-state index in [2.05, 4.69) is 22.2 Å². The van der Waals surface area contributed by atoms with Gasteiger partial charge < -0.3 is 5.32 Å². The second kappa shape index (κ2) is 4.13. The summed E-state index contributed by atoms with van der Waals surface area (Å²) in [6.45, 7) is 2.22. The van der Waals surface area contributed by atoms with Gasteiger partial charge in [0.05, 0.1) is 17.4 Å². The number of nitrogens with zero attached hydrogens (tertiary/aromatic N) is 2. The highest BCUT2D eigenvalue weighted by atomic mass is 35.5. The molecule has 0 amide bonds. The van der Waals surface area contributed by atoms with Crippen LogP contribution in [0, 0.1) is 5.92 Å². The molecule has 0 bridgehead atoms. The van der Waals surface area contributed by atoms with Crippen LogP contribution in [0.4, 0.5) is 5.95 Å². The van der Waals surface area contributed by atoms with E-state index < -0.39 is 0 Å². The maximum atomic E-state index is 5.69. The van der Waals surface area contributed by atoms with Gasteiger partial charge in [-0.15, -0.1) is 0 Å². The van der Waals surface area contributed by atoms with Gasteiger partial charge >= 0.3 is 0 Å². The molecule has 2 unspecified atom stereocenters. The van der Waals surface area contributed by atoms with E-state index in [-0.39, 0.29) is 0 Å². The fourth-order valence-electron chi connectivity index (χ4n) is 1.67. The number of halogens is 1. The lowest BCUT2D eigenvalue weighted by atomic mass is 10.2. The molecule has 1 heterocycles. The van der Waals surface area contributed by atoms with Crippen LogP contribution in [-0.2, 0) is 0 Å². The van der Waals surface area contributed by atoms with E-state index in [9.17, 15) is 0 Å². The first-order valence-corrected chi connectivity index (χ1v) is 5.41. The summed E-state index contributed by atoms with van der Waals surface area (Å²) in [6, 6.07) is 0.580. The van der Waals surface area contributed by atoms with Crippen molar-refractivity contribution in [2.45, 2.75) is 32.2 Å². The van der Waals surface area contributed by atoms with E-state index in [1.807, 2.05) is 0 Å². The van der Waals surface area contributed by atoms with Crippen molar-refractivity contribution < 1.29 is 0 Å². The van der Waals surface area contributed by atoms with Crippen LogP contribution in [0.5, 0.6) is 0 Å². The third-order valence-electron chi connectivity index (χ3n) is 2.52. The average molecular weight is 212 g/mol. The monoisotopic (exact) mass is 211 g/mol. The first kappa shape index (κ1) is 9.71. The first-order valence-electron chi connectivity index (χ1n) is 5.03.